The summed E-state index contributed by atoms with van der Waals surface area (Å²) in [5.41, 5.74) is 1.48. The van der Waals surface area contributed by atoms with Gasteiger partial charge < -0.3 is 15.2 Å². The maximum atomic E-state index is 12.0. The molecule has 2 N–H and O–H groups in total. The Morgan fingerprint density at radius 2 is 2.08 bits per heavy atom. The lowest BCUT2D eigenvalue weighted by atomic mass is 10.1. The number of carbonyl (C=O) groups excluding carboxylic acids is 2. The normalized spacial score (nSPS) is 11.4. The summed E-state index contributed by atoms with van der Waals surface area (Å²) >= 11 is 1.23. The summed E-state index contributed by atoms with van der Waals surface area (Å²) in [7, 11) is 0. The van der Waals surface area contributed by atoms with E-state index in [4.69, 9.17) is 9.78 Å². The number of benzene rings is 1. The van der Waals surface area contributed by atoms with Gasteiger partial charge in [-0.15, -0.1) is 11.8 Å². The summed E-state index contributed by atoms with van der Waals surface area (Å²) in [6.07, 6.45) is 0. The van der Waals surface area contributed by atoms with Crippen molar-refractivity contribution in [3.8, 4) is 6.07 Å². The largest absolute Gasteiger partial charge is 0.360 e. The van der Waals surface area contributed by atoms with E-state index in [-0.39, 0.29) is 17.6 Å². The second-order valence-electron chi connectivity index (χ2n) is 5.35. The van der Waals surface area contributed by atoms with Gasteiger partial charge in [0, 0.05) is 12.6 Å². The molecule has 0 aliphatic carbocycles. The molecule has 1 aromatic heterocycles. The molecule has 0 aliphatic heterocycles. The fourth-order valence-electron chi connectivity index (χ4n) is 1.88. The van der Waals surface area contributed by atoms with E-state index in [1.807, 2.05) is 6.07 Å². The standard InChI is InChI=1S/C17H18N4O3S/c1-11-7-15(21-24-11)20-17(23)12(2)25-10-16(22)19-9-14-5-3-13(8-18)4-6-14/h3-7,12H,9-10H2,1-2H3,(H,19,22)(H,20,21,23). The highest BCUT2D eigenvalue weighted by molar-refractivity contribution is 8.01. The molecule has 0 fully saturated rings. The van der Waals surface area contributed by atoms with E-state index in [9.17, 15) is 9.59 Å². The first kappa shape index (κ1) is 18.5. The zero-order valence-electron chi connectivity index (χ0n) is 13.9. The van der Waals surface area contributed by atoms with Gasteiger partial charge in [-0.2, -0.15) is 5.26 Å². The van der Waals surface area contributed by atoms with E-state index in [1.54, 1.807) is 44.2 Å². The molecule has 1 aromatic carbocycles. The molecule has 0 saturated carbocycles. The van der Waals surface area contributed by atoms with Crippen molar-refractivity contribution < 1.29 is 14.1 Å². The van der Waals surface area contributed by atoms with Crippen LogP contribution in [0.1, 0.15) is 23.8 Å². The third-order valence-electron chi connectivity index (χ3n) is 3.29. The Bertz CT molecular complexity index is 780. The number of hydrogen-bond donors (Lipinski definition) is 2. The third kappa shape index (κ3) is 5.97. The molecule has 0 spiro atoms. The summed E-state index contributed by atoms with van der Waals surface area (Å²) in [5.74, 6) is 0.741. The van der Waals surface area contributed by atoms with E-state index >= 15 is 0 Å². The van der Waals surface area contributed by atoms with Crippen molar-refractivity contribution in [3.05, 3.63) is 47.2 Å². The number of nitrogens with zero attached hydrogens (tertiary/aromatic N) is 2. The Morgan fingerprint density at radius 1 is 1.36 bits per heavy atom. The Kier molecular flexibility index (Phi) is 6.60. The predicted molar refractivity (Wildman–Crippen MR) is 94.8 cm³/mol. The molecule has 1 atom stereocenters. The second kappa shape index (κ2) is 8.89. The van der Waals surface area contributed by atoms with Crippen LogP contribution in [-0.2, 0) is 16.1 Å². The van der Waals surface area contributed by atoms with Gasteiger partial charge in [-0.05, 0) is 31.5 Å². The van der Waals surface area contributed by atoms with Crippen LogP contribution in [-0.4, -0.2) is 28.0 Å². The highest BCUT2D eigenvalue weighted by Crippen LogP contribution is 2.14. The fourth-order valence-corrected chi connectivity index (χ4v) is 2.59. The maximum Gasteiger partial charge on any atom is 0.238 e. The summed E-state index contributed by atoms with van der Waals surface area (Å²) in [6, 6.07) is 10.7. The van der Waals surface area contributed by atoms with Gasteiger partial charge in [0.25, 0.3) is 0 Å². The van der Waals surface area contributed by atoms with Crippen LogP contribution in [0.2, 0.25) is 0 Å². The van der Waals surface area contributed by atoms with Crippen molar-refractivity contribution in [2.75, 3.05) is 11.1 Å². The maximum absolute atomic E-state index is 12.0. The Balaban J connectivity index is 1.71. The van der Waals surface area contributed by atoms with Crippen LogP contribution in [0.25, 0.3) is 0 Å². The van der Waals surface area contributed by atoms with Crippen LogP contribution >= 0.6 is 11.8 Å². The summed E-state index contributed by atoms with van der Waals surface area (Å²) < 4.78 is 4.88. The van der Waals surface area contributed by atoms with Gasteiger partial charge in [0.2, 0.25) is 11.8 Å². The highest BCUT2D eigenvalue weighted by Gasteiger charge is 2.16. The van der Waals surface area contributed by atoms with Crippen molar-refractivity contribution in [3.63, 3.8) is 0 Å². The average Bonchev–Trinajstić information content (AvgIpc) is 3.02. The van der Waals surface area contributed by atoms with E-state index < -0.39 is 5.25 Å². The molecule has 130 valence electrons. The zero-order chi connectivity index (χ0) is 18.2. The molecule has 2 aromatic rings. The molecule has 2 amide bonds. The van der Waals surface area contributed by atoms with Gasteiger partial charge >= 0.3 is 0 Å². The molecule has 1 heterocycles. The quantitative estimate of drug-likeness (QED) is 0.786. The minimum atomic E-state index is -0.405. The van der Waals surface area contributed by atoms with Gasteiger partial charge in [0.05, 0.1) is 22.6 Å². The molecule has 0 radical (unpaired) electrons. The average molecular weight is 358 g/mol. The number of aromatic nitrogens is 1. The third-order valence-corrected chi connectivity index (χ3v) is 4.43. The molecule has 1 unspecified atom stereocenters. The number of anilines is 1. The molecule has 25 heavy (non-hydrogen) atoms. The number of rotatable bonds is 7. The lowest BCUT2D eigenvalue weighted by Crippen LogP contribution is -2.28. The SMILES string of the molecule is Cc1cc(NC(=O)C(C)SCC(=O)NCc2ccc(C#N)cc2)no1. The van der Waals surface area contributed by atoms with E-state index in [0.717, 1.165) is 5.56 Å². The van der Waals surface area contributed by atoms with Crippen molar-refractivity contribution >= 4 is 29.4 Å². The van der Waals surface area contributed by atoms with Crippen LogP contribution < -0.4 is 10.6 Å². The molecule has 8 heteroatoms. The highest BCUT2D eigenvalue weighted by atomic mass is 32.2. The van der Waals surface area contributed by atoms with Crippen molar-refractivity contribution in [2.45, 2.75) is 25.6 Å². The van der Waals surface area contributed by atoms with Gasteiger partial charge in [0.15, 0.2) is 5.82 Å². The number of carbonyl (C=O) groups is 2. The first-order valence-corrected chi connectivity index (χ1v) is 8.64. The summed E-state index contributed by atoms with van der Waals surface area (Å²) in [6.45, 7) is 3.84. The minimum Gasteiger partial charge on any atom is -0.360 e. The van der Waals surface area contributed by atoms with Crippen molar-refractivity contribution in [2.24, 2.45) is 0 Å². The van der Waals surface area contributed by atoms with E-state index in [2.05, 4.69) is 15.8 Å². The number of amides is 2. The topological polar surface area (TPSA) is 108 Å². The molecule has 2 rings (SSSR count). The Morgan fingerprint density at radius 3 is 2.68 bits per heavy atom. The second-order valence-corrected chi connectivity index (χ2v) is 6.68. The van der Waals surface area contributed by atoms with Crippen molar-refractivity contribution in [1.82, 2.24) is 10.5 Å². The number of hydrogen-bond acceptors (Lipinski definition) is 6. The molecule has 0 bridgehead atoms. The Labute approximate surface area is 149 Å². The summed E-state index contributed by atoms with van der Waals surface area (Å²) in [4.78, 5) is 23.9. The number of aryl methyl sites for hydroxylation is 1. The van der Waals surface area contributed by atoms with Gasteiger partial charge in [-0.25, -0.2) is 0 Å². The molecule has 0 saturated heterocycles. The van der Waals surface area contributed by atoms with Gasteiger partial charge in [-0.3, -0.25) is 9.59 Å². The van der Waals surface area contributed by atoms with Crippen molar-refractivity contribution in [1.29, 1.82) is 5.26 Å². The lowest BCUT2D eigenvalue weighted by molar-refractivity contribution is -0.118. The van der Waals surface area contributed by atoms with Gasteiger partial charge in [-0.1, -0.05) is 17.3 Å². The zero-order valence-corrected chi connectivity index (χ0v) is 14.7. The lowest BCUT2D eigenvalue weighted by Gasteiger charge is -2.10. The monoisotopic (exact) mass is 358 g/mol. The summed E-state index contributed by atoms with van der Waals surface area (Å²) in [5, 5.41) is 17.4. The Hall–Kier alpha value is -2.79. The molecular weight excluding hydrogens is 340 g/mol. The number of nitrogens with one attached hydrogen (secondary N) is 2. The van der Waals surface area contributed by atoms with Crippen LogP contribution in [0, 0.1) is 18.3 Å². The van der Waals surface area contributed by atoms with E-state index in [0.29, 0.717) is 23.7 Å². The minimum absolute atomic E-state index is 0.161. The van der Waals surface area contributed by atoms with Crippen LogP contribution in [0.5, 0.6) is 0 Å². The van der Waals surface area contributed by atoms with Gasteiger partial charge in [0.1, 0.15) is 5.76 Å². The first-order valence-electron chi connectivity index (χ1n) is 7.59. The fraction of sp³-hybridized carbons (Fsp3) is 0.294. The van der Waals surface area contributed by atoms with Crippen LogP contribution in [0.15, 0.2) is 34.9 Å². The molecule has 7 nitrogen and oxygen atoms in total. The van der Waals surface area contributed by atoms with E-state index in [1.165, 1.54) is 11.8 Å². The predicted octanol–water partition coefficient (Wildman–Crippen LogP) is 2.23. The smallest absolute Gasteiger partial charge is 0.238 e. The number of nitriles is 1. The number of thioether (sulfide) groups is 1. The van der Waals surface area contributed by atoms with Crippen LogP contribution in [0.3, 0.4) is 0 Å². The molecular formula is C17H18N4O3S. The first-order chi connectivity index (χ1) is 12.0. The van der Waals surface area contributed by atoms with Crippen LogP contribution in [0.4, 0.5) is 5.82 Å². The molecule has 0 aliphatic rings.